The summed E-state index contributed by atoms with van der Waals surface area (Å²) >= 11 is 0. The standard InChI is InChI=1S/C12H24N4O3/c1-9-7-16-10(8-15-9)12(18)14-4-3-11(17)13-5-6-19-2/h9-10,15-16H,3-8H2,1-2H3,(H,13,17)(H,14,18). The number of hydrogen-bond acceptors (Lipinski definition) is 5. The van der Waals surface area contributed by atoms with Crippen LogP contribution in [0, 0.1) is 0 Å². The Labute approximate surface area is 113 Å². The van der Waals surface area contributed by atoms with Crippen molar-refractivity contribution in [1.29, 1.82) is 0 Å². The van der Waals surface area contributed by atoms with Gasteiger partial charge < -0.3 is 26.0 Å². The van der Waals surface area contributed by atoms with Crippen LogP contribution in [0.1, 0.15) is 13.3 Å². The molecule has 0 aromatic rings. The average Bonchev–Trinajstić information content (AvgIpc) is 2.39. The molecule has 4 N–H and O–H groups in total. The lowest BCUT2D eigenvalue weighted by Crippen LogP contribution is -2.59. The van der Waals surface area contributed by atoms with E-state index in [1.807, 2.05) is 0 Å². The fourth-order valence-electron chi connectivity index (χ4n) is 1.77. The minimum absolute atomic E-state index is 0.0657. The number of carbonyl (C=O) groups excluding carboxylic acids is 2. The summed E-state index contributed by atoms with van der Waals surface area (Å²) in [6, 6.07) is 0.170. The van der Waals surface area contributed by atoms with E-state index in [0.29, 0.717) is 32.3 Å². The van der Waals surface area contributed by atoms with Crippen molar-refractivity contribution < 1.29 is 14.3 Å². The lowest BCUT2D eigenvalue weighted by atomic mass is 10.1. The van der Waals surface area contributed by atoms with Gasteiger partial charge in [-0.1, -0.05) is 0 Å². The van der Waals surface area contributed by atoms with Crippen LogP contribution in [0.2, 0.25) is 0 Å². The first-order valence-electron chi connectivity index (χ1n) is 6.63. The highest BCUT2D eigenvalue weighted by Crippen LogP contribution is 1.93. The minimum atomic E-state index is -0.215. The van der Waals surface area contributed by atoms with Crippen LogP contribution >= 0.6 is 0 Å². The first-order chi connectivity index (χ1) is 9.13. The Morgan fingerprint density at radius 3 is 2.63 bits per heavy atom. The van der Waals surface area contributed by atoms with Crippen molar-refractivity contribution in [2.45, 2.75) is 25.4 Å². The highest BCUT2D eigenvalue weighted by Gasteiger charge is 2.22. The van der Waals surface area contributed by atoms with Gasteiger partial charge in [0, 0.05) is 45.8 Å². The van der Waals surface area contributed by atoms with Crippen LogP contribution in [0.15, 0.2) is 0 Å². The zero-order valence-electron chi connectivity index (χ0n) is 11.6. The van der Waals surface area contributed by atoms with Gasteiger partial charge in [-0.05, 0) is 6.92 Å². The molecule has 0 radical (unpaired) electrons. The van der Waals surface area contributed by atoms with Crippen LogP contribution in [-0.2, 0) is 14.3 Å². The van der Waals surface area contributed by atoms with E-state index in [-0.39, 0.29) is 24.3 Å². The molecule has 2 amide bonds. The molecule has 0 spiro atoms. The maximum Gasteiger partial charge on any atom is 0.238 e. The molecule has 1 saturated heterocycles. The molecule has 0 bridgehead atoms. The maximum atomic E-state index is 11.8. The SMILES string of the molecule is COCCNC(=O)CCNC(=O)C1CNC(C)CN1. The molecule has 0 aromatic carbocycles. The molecular weight excluding hydrogens is 248 g/mol. The molecule has 7 heteroatoms. The van der Waals surface area contributed by atoms with Gasteiger partial charge >= 0.3 is 0 Å². The first-order valence-corrected chi connectivity index (χ1v) is 6.63. The monoisotopic (exact) mass is 272 g/mol. The second-order valence-electron chi connectivity index (χ2n) is 4.65. The highest BCUT2D eigenvalue weighted by molar-refractivity contribution is 5.83. The average molecular weight is 272 g/mol. The van der Waals surface area contributed by atoms with Crippen molar-refractivity contribution >= 4 is 11.8 Å². The van der Waals surface area contributed by atoms with Gasteiger partial charge in [0.1, 0.15) is 0 Å². The van der Waals surface area contributed by atoms with E-state index in [2.05, 4.69) is 28.2 Å². The van der Waals surface area contributed by atoms with E-state index in [1.54, 1.807) is 7.11 Å². The predicted molar refractivity (Wildman–Crippen MR) is 71.8 cm³/mol. The van der Waals surface area contributed by atoms with Gasteiger partial charge in [0.15, 0.2) is 0 Å². The molecule has 1 fully saturated rings. The summed E-state index contributed by atoms with van der Waals surface area (Å²) < 4.78 is 4.82. The summed E-state index contributed by atoms with van der Waals surface area (Å²) in [7, 11) is 1.58. The Morgan fingerprint density at radius 1 is 1.21 bits per heavy atom. The van der Waals surface area contributed by atoms with E-state index >= 15 is 0 Å². The summed E-state index contributed by atoms with van der Waals surface area (Å²) in [5.41, 5.74) is 0. The summed E-state index contributed by atoms with van der Waals surface area (Å²) in [5, 5.41) is 11.8. The molecular formula is C12H24N4O3. The molecule has 7 nitrogen and oxygen atoms in total. The Bertz CT molecular complexity index is 291. The first kappa shape index (κ1) is 15.9. The number of methoxy groups -OCH3 is 1. The smallest absolute Gasteiger partial charge is 0.238 e. The Kier molecular flexibility index (Phi) is 7.39. The summed E-state index contributed by atoms with van der Waals surface area (Å²) in [5.74, 6) is -0.148. The molecule has 2 atom stereocenters. The zero-order valence-corrected chi connectivity index (χ0v) is 11.6. The Morgan fingerprint density at radius 2 is 2.00 bits per heavy atom. The predicted octanol–water partition coefficient (Wildman–Crippen LogP) is -1.79. The van der Waals surface area contributed by atoms with Crippen LogP contribution in [0.5, 0.6) is 0 Å². The quantitative estimate of drug-likeness (QED) is 0.411. The second kappa shape index (κ2) is 8.84. The minimum Gasteiger partial charge on any atom is -0.383 e. The maximum absolute atomic E-state index is 11.8. The van der Waals surface area contributed by atoms with E-state index in [1.165, 1.54) is 0 Å². The molecule has 1 heterocycles. The third-order valence-electron chi connectivity index (χ3n) is 2.94. The fraction of sp³-hybridized carbons (Fsp3) is 0.833. The van der Waals surface area contributed by atoms with Crippen LogP contribution in [-0.4, -0.2) is 63.8 Å². The van der Waals surface area contributed by atoms with Crippen molar-refractivity contribution in [2.75, 3.05) is 39.9 Å². The molecule has 1 aliphatic rings. The molecule has 1 rings (SSSR count). The van der Waals surface area contributed by atoms with Crippen molar-refractivity contribution in [3.8, 4) is 0 Å². The van der Waals surface area contributed by atoms with E-state index < -0.39 is 0 Å². The summed E-state index contributed by atoms with van der Waals surface area (Å²) in [4.78, 5) is 23.2. The topological polar surface area (TPSA) is 91.5 Å². The van der Waals surface area contributed by atoms with Gasteiger partial charge in [0.2, 0.25) is 11.8 Å². The van der Waals surface area contributed by atoms with Gasteiger partial charge in [-0.15, -0.1) is 0 Å². The lowest BCUT2D eigenvalue weighted by molar-refractivity contribution is -0.124. The molecule has 0 saturated carbocycles. The fourth-order valence-corrected chi connectivity index (χ4v) is 1.77. The van der Waals surface area contributed by atoms with Crippen LogP contribution < -0.4 is 21.3 Å². The third-order valence-corrected chi connectivity index (χ3v) is 2.94. The normalized spacial score (nSPS) is 22.8. The molecule has 1 aliphatic heterocycles. The second-order valence-corrected chi connectivity index (χ2v) is 4.65. The van der Waals surface area contributed by atoms with Crippen LogP contribution in [0.4, 0.5) is 0 Å². The largest absolute Gasteiger partial charge is 0.383 e. The Hall–Kier alpha value is -1.18. The number of piperazine rings is 1. The van der Waals surface area contributed by atoms with Crippen molar-refractivity contribution in [3.63, 3.8) is 0 Å². The van der Waals surface area contributed by atoms with E-state index in [9.17, 15) is 9.59 Å². The van der Waals surface area contributed by atoms with Gasteiger partial charge in [-0.2, -0.15) is 0 Å². The summed E-state index contributed by atoms with van der Waals surface area (Å²) in [6.07, 6.45) is 0.284. The van der Waals surface area contributed by atoms with Gasteiger partial charge in [-0.25, -0.2) is 0 Å². The Balaban J connectivity index is 2.08. The zero-order chi connectivity index (χ0) is 14.1. The van der Waals surface area contributed by atoms with Crippen LogP contribution in [0.3, 0.4) is 0 Å². The molecule has 2 unspecified atom stereocenters. The van der Waals surface area contributed by atoms with Crippen molar-refractivity contribution in [1.82, 2.24) is 21.3 Å². The highest BCUT2D eigenvalue weighted by atomic mass is 16.5. The van der Waals surface area contributed by atoms with Crippen molar-refractivity contribution in [3.05, 3.63) is 0 Å². The third kappa shape index (κ3) is 6.51. The number of ether oxygens (including phenoxy) is 1. The summed E-state index contributed by atoms with van der Waals surface area (Å²) in [6.45, 7) is 4.79. The number of amides is 2. The number of hydrogen-bond donors (Lipinski definition) is 4. The van der Waals surface area contributed by atoms with Crippen LogP contribution in [0.25, 0.3) is 0 Å². The molecule has 0 aromatic heterocycles. The molecule has 19 heavy (non-hydrogen) atoms. The number of rotatable bonds is 7. The van der Waals surface area contributed by atoms with Gasteiger partial charge in [0.05, 0.1) is 12.6 Å². The molecule has 0 aliphatic carbocycles. The van der Waals surface area contributed by atoms with Gasteiger partial charge in [-0.3, -0.25) is 9.59 Å². The molecule has 110 valence electrons. The van der Waals surface area contributed by atoms with Gasteiger partial charge in [0.25, 0.3) is 0 Å². The lowest BCUT2D eigenvalue weighted by Gasteiger charge is -2.28. The number of carbonyl (C=O) groups is 2. The van der Waals surface area contributed by atoms with E-state index in [0.717, 1.165) is 6.54 Å². The number of nitrogens with one attached hydrogen (secondary N) is 4. The van der Waals surface area contributed by atoms with Crippen molar-refractivity contribution in [2.24, 2.45) is 0 Å². The van der Waals surface area contributed by atoms with E-state index in [4.69, 9.17) is 4.74 Å².